The molecule has 9 nitrogen and oxygen atoms in total. The van der Waals surface area contributed by atoms with Crippen LogP contribution in [0, 0.1) is 6.92 Å². The summed E-state index contributed by atoms with van der Waals surface area (Å²) in [6, 6.07) is 4.94. The van der Waals surface area contributed by atoms with Gasteiger partial charge in [-0.25, -0.2) is 4.63 Å². The smallest absolute Gasteiger partial charge is 0.325 e. The van der Waals surface area contributed by atoms with Crippen LogP contribution in [0.1, 0.15) is 23.0 Å². The van der Waals surface area contributed by atoms with Gasteiger partial charge in [-0.3, -0.25) is 14.6 Å². The molecular formula is C19H23N5O4. The minimum Gasteiger partial charge on any atom is -0.497 e. The zero-order chi connectivity index (χ0) is 19.7. The lowest BCUT2D eigenvalue weighted by Gasteiger charge is -2.37. The highest BCUT2D eigenvalue weighted by Gasteiger charge is 2.32. The van der Waals surface area contributed by atoms with Crippen LogP contribution in [0.15, 0.2) is 29.0 Å². The number of aromatic amines is 1. The Bertz CT molecular complexity index is 974. The van der Waals surface area contributed by atoms with Gasteiger partial charge in [0.1, 0.15) is 23.2 Å². The topological polar surface area (TPSA) is 108 Å². The van der Waals surface area contributed by atoms with Gasteiger partial charge in [-0.05, 0) is 25.1 Å². The lowest BCUT2D eigenvalue weighted by Crippen LogP contribution is -2.48. The van der Waals surface area contributed by atoms with E-state index < -0.39 is 12.0 Å². The summed E-state index contributed by atoms with van der Waals surface area (Å²) < 4.78 is 10.1. The largest absolute Gasteiger partial charge is 0.497 e. The lowest BCUT2D eigenvalue weighted by atomic mass is 10.0. The third-order valence-corrected chi connectivity index (χ3v) is 5.34. The average Bonchev–Trinajstić information content (AvgIpc) is 3.29. The third kappa shape index (κ3) is 3.46. The second kappa shape index (κ2) is 7.61. The Morgan fingerprint density at radius 1 is 1.32 bits per heavy atom. The van der Waals surface area contributed by atoms with Gasteiger partial charge in [0.25, 0.3) is 0 Å². The standard InChI is InChI=1S/C19H23N5O4/c1-12-17(22-28-21-12)11-23-5-7-24(8-6-23)18(19(25)26)15-10-20-16-4-3-13(27-2)9-14(15)16/h3-4,9-10,18,20H,5-8,11H2,1-2H3,(H,25,26). The number of nitrogens with zero attached hydrogens (tertiary/aromatic N) is 4. The molecule has 9 heteroatoms. The average molecular weight is 385 g/mol. The molecule has 0 saturated carbocycles. The molecule has 3 aromatic rings. The van der Waals surface area contributed by atoms with E-state index in [-0.39, 0.29) is 0 Å². The number of carbonyl (C=O) groups is 1. The number of carboxylic acid groups (broad SMARTS) is 1. The molecular weight excluding hydrogens is 362 g/mol. The molecule has 148 valence electrons. The number of aryl methyl sites for hydroxylation is 1. The second-order valence-corrected chi connectivity index (χ2v) is 7.00. The summed E-state index contributed by atoms with van der Waals surface area (Å²) in [6.45, 7) is 5.33. The minimum absolute atomic E-state index is 0.651. The van der Waals surface area contributed by atoms with Gasteiger partial charge in [0.15, 0.2) is 0 Å². The number of carboxylic acids is 1. The van der Waals surface area contributed by atoms with Crippen molar-refractivity contribution in [2.45, 2.75) is 19.5 Å². The first kappa shape index (κ1) is 18.5. The summed E-state index contributed by atoms with van der Waals surface area (Å²) in [4.78, 5) is 19.6. The predicted octanol–water partition coefficient (Wildman–Crippen LogP) is 1.81. The fourth-order valence-electron chi connectivity index (χ4n) is 3.74. The fraction of sp³-hybridized carbons (Fsp3) is 0.421. The van der Waals surface area contributed by atoms with Crippen molar-refractivity contribution >= 4 is 16.9 Å². The lowest BCUT2D eigenvalue weighted by molar-refractivity contribution is -0.144. The van der Waals surface area contributed by atoms with Crippen LogP contribution in [0.25, 0.3) is 10.9 Å². The van der Waals surface area contributed by atoms with E-state index >= 15 is 0 Å². The summed E-state index contributed by atoms with van der Waals surface area (Å²) in [5.41, 5.74) is 3.27. The highest BCUT2D eigenvalue weighted by molar-refractivity contribution is 5.90. The number of hydrogen-bond acceptors (Lipinski definition) is 7. The van der Waals surface area contributed by atoms with Crippen molar-refractivity contribution in [1.82, 2.24) is 25.1 Å². The van der Waals surface area contributed by atoms with Crippen molar-refractivity contribution in [3.8, 4) is 5.75 Å². The van der Waals surface area contributed by atoms with E-state index in [2.05, 4.69) is 20.2 Å². The predicted molar refractivity (Wildman–Crippen MR) is 101 cm³/mol. The summed E-state index contributed by atoms with van der Waals surface area (Å²) >= 11 is 0. The first-order valence-corrected chi connectivity index (χ1v) is 9.19. The van der Waals surface area contributed by atoms with Crippen LogP contribution >= 0.6 is 0 Å². The Kier molecular flexibility index (Phi) is 5.01. The van der Waals surface area contributed by atoms with E-state index in [4.69, 9.17) is 9.37 Å². The number of hydrogen-bond donors (Lipinski definition) is 2. The molecule has 1 saturated heterocycles. The molecule has 2 aromatic heterocycles. The number of ether oxygens (including phenoxy) is 1. The Morgan fingerprint density at radius 2 is 2.11 bits per heavy atom. The maximum Gasteiger partial charge on any atom is 0.325 e. The number of benzene rings is 1. The molecule has 3 heterocycles. The monoisotopic (exact) mass is 385 g/mol. The number of rotatable bonds is 6. The van der Waals surface area contributed by atoms with Gasteiger partial charge in [-0.1, -0.05) is 10.3 Å². The molecule has 1 unspecified atom stereocenters. The molecule has 1 aliphatic heterocycles. The Balaban J connectivity index is 1.52. The van der Waals surface area contributed by atoms with Crippen LogP contribution in [0.5, 0.6) is 5.75 Å². The molecule has 0 amide bonds. The summed E-state index contributed by atoms with van der Waals surface area (Å²) in [5.74, 6) is -0.146. The van der Waals surface area contributed by atoms with Crippen molar-refractivity contribution in [3.05, 3.63) is 41.3 Å². The van der Waals surface area contributed by atoms with Gasteiger partial charge in [0, 0.05) is 55.4 Å². The Labute approximate surface area is 161 Å². The Hall–Kier alpha value is -2.91. The van der Waals surface area contributed by atoms with Crippen molar-refractivity contribution in [3.63, 3.8) is 0 Å². The van der Waals surface area contributed by atoms with Gasteiger partial charge >= 0.3 is 5.97 Å². The third-order valence-electron chi connectivity index (χ3n) is 5.34. The molecule has 1 fully saturated rings. The molecule has 1 aliphatic rings. The van der Waals surface area contributed by atoms with E-state index in [1.807, 2.05) is 30.0 Å². The quantitative estimate of drug-likeness (QED) is 0.661. The van der Waals surface area contributed by atoms with E-state index in [0.29, 0.717) is 25.4 Å². The number of methoxy groups -OCH3 is 1. The summed E-state index contributed by atoms with van der Waals surface area (Å²) in [5, 5.41) is 18.6. The molecule has 0 radical (unpaired) electrons. The maximum absolute atomic E-state index is 12.1. The number of H-pyrrole nitrogens is 1. The zero-order valence-corrected chi connectivity index (χ0v) is 15.9. The van der Waals surface area contributed by atoms with E-state index in [0.717, 1.165) is 40.9 Å². The highest BCUT2D eigenvalue weighted by atomic mass is 16.6. The van der Waals surface area contributed by atoms with Crippen LogP contribution in [0.3, 0.4) is 0 Å². The number of fused-ring (bicyclic) bond motifs is 1. The zero-order valence-electron chi connectivity index (χ0n) is 15.9. The van der Waals surface area contributed by atoms with Gasteiger partial charge in [0.2, 0.25) is 0 Å². The normalized spacial score (nSPS) is 17.1. The molecule has 28 heavy (non-hydrogen) atoms. The molecule has 2 N–H and O–H groups in total. The van der Waals surface area contributed by atoms with E-state index in [1.54, 1.807) is 13.3 Å². The Morgan fingerprint density at radius 3 is 2.75 bits per heavy atom. The van der Waals surface area contributed by atoms with Crippen LogP contribution < -0.4 is 4.74 Å². The fourth-order valence-corrected chi connectivity index (χ4v) is 3.74. The summed E-state index contributed by atoms with van der Waals surface area (Å²) in [6.07, 6.45) is 1.79. The van der Waals surface area contributed by atoms with Gasteiger partial charge in [-0.2, -0.15) is 0 Å². The van der Waals surface area contributed by atoms with Crippen molar-refractivity contribution in [2.24, 2.45) is 0 Å². The van der Waals surface area contributed by atoms with Crippen LogP contribution in [0.2, 0.25) is 0 Å². The van der Waals surface area contributed by atoms with Crippen LogP contribution in [-0.4, -0.2) is 69.5 Å². The molecule has 1 atom stereocenters. The van der Waals surface area contributed by atoms with Crippen LogP contribution in [0.4, 0.5) is 0 Å². The van der Waals surface area contributed by atoms with Crippen molar-refractivity contribution in [2.75, 3.05) is 33.3 Å². The minimum atomic E-state index is -0.853. The van der Waals surface area contributed by atoms with Crippen LogP contribution in [-0.2, 0) is 11.3 Å². The second-order valence-electron chi connectivity index (χ2n) is 7.00. The van der Waals surface area contributed by atoms with Crippen molar-refractivity contribution in [1.29, 1.82) is 0 Å². The first-order valence-electron chi connectivity index (χ1n) is 9.19. The molecule has 0 spiro atoms. The van der Waals surface area contributed by atoms with Gasteiger partial charge in [0.05, 0.1) is 7.11 Å². The number of aliphatic carboxylic acids is 1. The number of piperazine rings is 1. The van der Waals surface area contributed by atoms with E-state index in [1.165, 1.54) is 0 Å². The molecule has 4 rings (SSSR count). The number of aromatic nitrogens is 3. The number of nitrogens with one attached hydrogen (secondary N) is 1. The van der Waals surface area contributed by atoms with Gasteiger partial charge in [-0.15, -0.1) is 0 Å². The highest BCUT2D eigenvalue weighted by Crippen LogP contribution is 2.31. The summed E-state index contributed by atoms with van der Waals surface area (Å²) in [7, 11) is 1.60. The maximum atomic E-state index is 12.1. The molecule has 0 aliphatic carbocycles. The molecule has 1 aromatic carbocycles. The van der Waals surface area contributed by atoms with Gasteiger partial charge < -0.3 is 14.8 Å². The van der Waals surface area contributed by atoms with E-state index in [9.17, 15) is 9.90 Å². The molecule has 0 bridgehead atoms. The first-order chi connectivity index (χ1) is 13.6. The van der Waals surface area contributed by atoms with Crippen molar-refractivity contribution < 1.29 is 19.3 Å². The SMILES string of the molecule is COc1ccc2[nH]cc(C(C(=O)O)N3CCN(Cc4nonc4C)CC3)c2c1.